The van der Waals surface area contributed by atoms with Crippen LogP contribution in [0.3, 0.4) is 0 Å². The number of ether oxygens (including phenoxy) is 2. The summed E-state index contributed by atoms with van der Waals surface area (Å²) in [5, 5.41) is 0. The van der Waals surface area contributed by atoms with Crippen molar-refractivity contribution in [2.45, 2.75) is 77.5 Å². The molecule has 0 bridgehead atoms. The zero-order valence-electron chi connectivity index (χ0n) is 21.1. The minimum atomic E-state index is -0.447. The maximum absolute atomic E-state index is 12.7. The molecule has 3 aliphatic rings. The Bertz CT molecular complexity index is 822. The molecule has 7 heteroatoms. The number of piperidine rings is 3. The zero-order valence-corrected chi connectivity index (χ0v) is 21.1. The molecule has 3 fully saturated rings. The van der Waals surface area contributed by atoms with E-state index < -0.39 is 5.60 Å². The van der Waals surface area contributed by atoms with Crippen molar-refractivity contribution in [2.75, 3.05) is 39.3 Å². The van der Waals surface area contributed by atoms with Crippen molar-refractivity contribution in [3.8, 4) is 0 Å². The van der Waals surface area contributed by atoms with Crippen LogP contribution in [-0.2, 0) is 16.1 Å². The van der Waals surface area contributed by atoms with Crippen LogP contribution < -0.4 is 0 Å². The summed E-state index contributed by atoms with van der Waals surface area (Å²) in [6, 6.07) is 10.4. The molecule has 0 radical (unpaired) electrons. The van der Waals surface area contributed by atoms with Crippen molar-refractivity contribution in [3.05, 3.63) is 35.9 Å². The highest BCUT2D eigenvalue weighted by Crippen LogP contribution is 2.41. The molecular weight excluding hydrogens is 430 g/mol. The second kappa shape index (κ2) is 10.5. The van der Waals surface area contributed by atoms with Crippen molar-refractivity contribution < 1.29 is 19.1 Å². The van der Waals surface area contributed by atoms with Gasteiger partial charge in [0.05, 0.1) is 0 Å². The average molecular weight is 472 g/mol. The van der Waals surface area contributed by atoms with Gasteiger partial charge in [-0.25, -0.2) is 9.59 Å². The van der Waals surface area contributed by atoms with E-state index in [1.54, 1.807) is 0 Å². The molecule has 3 heterocycles. The van der Waals surface area contributed by atoms with E-state index in [-0.39, 0.29) is 17.6 Å². The predicted molar refractivity (Wildman–Crippen MR) is 132 cm³/mol. The van der Waals surface area contributed by atoms with E-state index in [1.165, 1.54) is 6.42 Å². The normalized spacial score (nSPS) is 22.0. The molecule has 0 saturated carbocycles. The molecule has 0 unspecified atom stereocenters. The number of carbonyl (C=O) groups is 2. The molecule has 1 aromatic rings. The summed E-state index contributed by atoms with van der Waals surface area (Å²) in [6.07, 6.45) is 6.14. The molecule has 1 spiro atoms. The Morgan fingerprint density at radius 2 is 1.59 bits per heavy atom. The number of carbonyl (C=O) groups excluding carboxylic acids is 2. The summed E-state index contributed by atoms with van der Waals surface area (Å²) in [5.41, 5.74) is 0.794. The van der Waals surface area contributed by atoms with Crippen molar-refractivity contribution in [1.82, 2.24) is 14.7 Å². The molecule has 4 rings (SSSR count). The third kappa shape index (κ3) is 6.44. The molecule has 0 aromatic heterocycles. The smallest absolute Gasteiger partial charge is 0.410 e. The Morgan fingerprint density at radius 1 is 0.912 bits per heavy atom. The fraction of sp³-hybridized carbons (Fsp3) is 0.704. The number of hydrogen-bond acceptors (Lipinski definition) is 5. The Balaban J connectivity index is 1.22. The first kappa shape index (κ1) is 24.8. The lowest BCUT2D eigenvalue weighted by Gasteiger charge is -2.49. The van der Waals surface area contributed by atoms with Gasteiger partial charge in [0.15, 0.2) is 0 Å². The van der Waals surface area contributed by atoms with E-state index in [4.69, 9.17) is 9.47 Å². The Labute approximate surface area is 204 Å². The van der Waals surface area contributed by atoms with Gasteiger partial charge in [-0.2, -0.15) is 0 Å². The van der Waals surface area contributed by atoms with Crippen LogP contribution in [-0.4, -0.2) is 77.8 Å². The minimum absolute atomic E-state index is 0.181. The van der Waals surface area contributed by atoms with E-state index in [0.29, 0.717) is 12.6 Å². The second-order valence-electron chi connectivity index (χ2n) is 11.3. The summed E-state index contributed by atoms with van der Waals surface area (Å²) in [6.45, 7) is 11.4. The van der Waals surface area contributed by atoms with E-state index in [1.807, 2.05) is 60.9 Å². The lowest BCUT2D eigenvalue weighted by Crippen LogP contribution is -2.54. The lowest BCUT2D eigenvalue weighted by atomic mass is 9.72. The van der Waals surface area contributed by atoms with Gasteiger partial charge in [-0.05, 0) is 83.4 Å². The van der Waals surface area contributed by atoms with E-state index in [0.717, 1.165) is 76.9 Å². The lowest BCUT2D eigenvalue weighted by molar-refractivity contribution is -0.00973. The third-order valence-electron chi connectivity index (χ3n) is 7.62. The summed E-state index contributed by atoms with van der Waals surface area (Å²) in [5.74, 6) is 0. The zero-order chi connectivity index (χ0) is 24.2. The first-order valence-electron chi connectivity index (χ1n) is 12.9. The monoisotopic (exact) mass is 471 g/mol. The fourth-order valence-electron chi connectivity index (χ4n) is 5.69. The molecule has 7 nitrogen and oxygen atoms in total. The second-order valence-corrected chi connectivity index (χ2v) is 11.3. The molecule has 0 aliphatic carbocycles. The van der Waals surface area contributed by atoms with Crippen molar-refractivity contribution >= 4 is 12.2 Å². The highest BCUT2D eigenvalue weighted by Gasteiger charge is 2.41. The van der Waals surface area contributed by atoms with Gasteiger partial charge in [0.25, 0.3) is 0 Å². The number of rotatable bonds is 3. The molecule has 34 heavy (non-hydrogen) atoms. The van der Waals surface area contributed by atoms with Crippen molar-refractivity contribution in [2.24, 2.45) is 5.41 Å². The van der Waals surface area contributed by atoms with Crippen LogP contribution >= 0.6 is 0 Å². The van der Waals surface area contributed by atoms with Crippen LogP contribution in [0, 0.1) is 5.41 Å². The molecule has 0 N–H and O–H groups in total. The molecule has 3 saturated heterocycles. The van der Waals surface area contributed by atoms with E-state index >= 15 is 0 Å². The number of hydrogen-bond donors (Lipinski definition) is 0. The van der Waals surface area contributed by atoms with Crippen LogP contribution in [0.25, 0.3) is 0 Å². The standard InChI is InChI=1S/C27H41N3O4/c1-26(2,3)34-25(32)29-16-10-23(11-17-29)28-18-13-27(14-19-28)12-7-15-30(21-27)24(31)33-20-22-8-5-4-6-9-22/h4-6,8-9,23H,7,10-21H2,1-3H3. The maximum Gasteiger partial charge on any atom is 0.410 e. The van der Waals surface area contributed by atoms with Gasteiger partial charge < -0.3 is 24.2 Å². The number of nitrogens with zero attached hydrogens (tertiary/aromatic N) is 3. The topological polar surface area (TPSA) is 62.3 Å². The fourth-order valence-corrected chi connectivity index (χ4v) is 5.69. The Morgan fingerprint density at radius 3 is 2.24 bits per heavy atom. The van der Waals surface area contributed by atoms with Gasteiger partial charge in [0, 0.05) is 32.2 Å². The van der Waals surface area contributed by atoms with Crippen LogP contribution in [0.1, 0.15) is 64.9 Å². The first-order chi connectivity index (χ1) is 16.2. The molecular formula is C27H41N3O4. The number of likely N-dealkylation sites (tertiary alicyclic amines) is 3. The van der Waals surface area contributed by atoms with Gasteiger partial charge in [0.1, 0.15) is 12.2 Å². The SMILES string of the molecule is CC(C)(C)OC(=O)N1CCC(N2CCC3(CCCN(C(=O)OCc4ccccc4)C3)CC2)CC1. The highest BCUT2D eigenvalue weighted by molar-refractivity contribution is 5.68. The number of benzene rings is 1. The van der Waals surface area contributed by atoms with Crippen molar-refractivity contribution in [3.63, 3.8) is 0 Å². The van der Waals surface area contributed by atoms with Crippen molar-refractivity contribution in [1.29, 1.82) is 0 Å². The quantitative estimate of drug-likeness (QED) is 0.627. The molecule has 0 atom stereocenters. The molecule has 2 amide bonds. The van der Waals surface area contributed by atoms with Crippen LogP contribution in [0.4, 0.5) is 9.59 Å². The van der Waals surface area contributed by atoms with Gasteiger partial charge >= 0.3 is 12.2 Å². The van der Waals surface area contributed by atoms with E-state index in [2.05, 4.69) is 4.90 Å². The van der Waals surface area contributed by atoms with Gasteiger partial charge in [-0.3, -0.25) is 0 Å². The molecule has 3 aliphatic heterocycles. The first-order valence-corrected chi connectivity index (χ1v) is 12.9. The molecule has 1 aromatic carbocycles. The van der Waals surface area contributed by atoms with Gasteiger partial charge in [-0.15, -0.1) is 0 Å². The van der Waals surface area contributed by atoms with Gasteiger partial charge in [0.2, 0.25) is 0 Å². The Kier molecular flexibility index (Phi) is 7.70. The Hall–Kier alpha value is -2.28. The third-order valence-corrected chi connectivity index (χ3v) is 7.62. The van der Waals surface area contributed by atoms with E-state index in [9.17, 15) is 9.59 Å². The summed E-state index contributed by atoms with van der Waals surface area (Å²) in [7, 11) is 0. The largest absolute Gasteiger partial charge is 0.445 e. The van der Waals surface area contributed by atoms with Crippen LogP contribution in [0.15, 0.2) is 30.3 Å². The number of amides is 2. The molecule has 188 valence electrons. The van der Waals surface area contributed by atoms with Gasteiger partial charge in [-0.1, -0.05) is 30.3 Å². The summed E-state index contributed by atoms with van der Waals surface area (Å²) < 4.78 is 11.1. The summed E-state index contributed by atoms with van der Waals surface area (Å²) >= 11 is 0. The average Bonchev–Trinajstić information content (AvgIpc) is 2.83. The minimum Gasteiger partial charge on any atom is -0.445 e. The van der Waals surface area contributed by atoms with Crippen LogP contribution in [0.2, 0.25) is 0 Å². The maximum atomic E-state index is 12.7. The predicted octanol–water partition coefficient (Wildman–Crippen LogP) is 4.90. The summed E-state index contributed by atoms with van der Waals surface area (Å²) in [4.78, 5) is 31.5. The van der Waals surface area contributed by atoms with Crippen LogP contribution in [0.5, 0.6) is 0 Å². The highest BCUT2D eigenvalue weighted by atomic mass is 16.6.